The van der Waals surface area contributed by atoms with Gasteiger partial charge in [0.05, 0.1) is 9.82 Å². The molecular formula is C15H15Cl2N3O4S. The van der Waals surface area contributed by atoms with Crippen molar-refractivity contribution in [3.8, 4) is 0 Å². The standard InChI is InChI=1S/C15H15Cl2N3O4S/c1-10(19-25(23,24)13-5-2-11(16)3-6-13)9-18-14-7-4-12(17)8-15(14)20(21)22/h2-8,10,18-19H,9H2,1H3/t10-/m0/s1. The quantitative estimate of drug-likeness (QED) is 0.542. The Balaban J connectivity index is 2.05. The van der Waals surface area contributed by atoms with Crippen LogP contribution in [0.5, 0.6) is 0 Å². The molecule has 0 aliphatic heterocycles. The van der Waals surface area contributed by atoms with Gasteiger partial charge in [0.2, 0.25) is 10.0 Å². The number of nitro benzene ring substituents is 1. The Labute approximate surface area is 155 Å². The summed E-state index contributed by atoms with van der Waals surface area (Å²) in [5.41, 5.74) is 0.0761. The number of nitrogens with zero attached hydrogens (tertiary/aromatic N) is 1. The summed E-state index contributed by atoms with van der Waals surface area (Å²) in [5.74, 6) is 0. The third-order valence-corrected chi connectivity index (χ3v) is 5.33. The van der Waals surface area contributed by atoms with E-state index >= 15 is 0 Å². The van der Waals surface area contributed by atoms with Crippen molar-refractivity contribution in [2.45, 2.75) is 17.9 Å². The molecule has 0 heterocycles. The van der Waals surface area contributed by atoms with Crippen molar-refractivity contribution >= 4 is 44.6 Å². The highest BCUT2D eigenvalue weighted by Crippen LogP contribution is 2.27. The van der Waals surface area contributed by atoms with Gasteiger partial charge < -0.3 is 5.32 Å². The van der Waals surface area contributed by atoms with Crippen molar-refractivity contribution in [1.29, 1.82) is 0 Å². The molecule has 2 N–H and O–H groups in total. The largest absolute Gasteiger partial charge is 0.378 e. The lowest BCUT2D eigenvalue weighted by Crippen LogP contribution is -2.37. The van der Waals surface area contributed by atoms with Gasteiger partial charge in [-0.3, -0.25) is 10.1 Å². The number of anilines is 1. The van der Waals surface area contributed by atoms with Crippen LogP contribution in [0.4, 0.5) is 11.4 Å². The summed E-state index contributed by atoms with van der Waals surface area (Å²) in [5, 5.41) is 14.6. The molecule has 0 fully saturated rings. The first-order valence-electron chi connectivity index (χ1n) is 7.15. The number of benzene rings is 2. The molecule has 0 aromatic heterocycles. The molecule has 2 aromatic carbocycles. The molecule has 0 aliphatic carbocycles. The van der Waals surface area contributed by atoms with Gasteiger partial charge >= 0.3 is 0 Å². The normalized spacial score (nSPS) is 12.6. The van der Waals surface area contributed by atoms with Gasteiger partial charge in [-0.25, -0.2) is 13.1 Å². The minimum atomic E-state index is -3.72. The Morgan fingerprint density at radius 3 is 2.32 bits per heavy atom. The number of halogens is 2. The van der Waals surface area contributed by atoms with Crippen LogP contribution < -0.4 is 10.0 Å². The second-order valence-corrected chi connectivity index (χ2v) is 7.86. The lowest BCUT2D eigenvalue weighted by Gasteiger charge is -2.16. The SMILES string of the molecule is C[C@@H](CNc1ccc(Cl)cc1[N+](=O)[O-])NS(=O)(=O)c1ccc(Cl)cc1. The zero-order chi connectivity index (χ0) is 18.6. The molecule has 2 aromatic rings. The zero-order valence-corrected chi connectivity index (χ0v) is 15.4. The van der Waals surface area contributed by atoms with Crippen molar-refractivity contribution in [3.05, 3.63) is 62.6 Å². The summed E-state index contributed by atoms with van der Waals surface area (Å²) in [6.07, 6.45) is 0. The molecule has 2 rings (SSSR count). The van der Waals surface area contributed by atoms with E-state index < -0.39 is 21.0 Å². The van der Waals surface area contributed by atoms with Crippen molar-refractivity contribution in [2.75, 3.05) is 11.9 Å². The number of nitro groups is 1. The van der Waals surface area contributed by atoms with Gasteiger partial charge in [-0.2, -0.15) is 0 Å². The Morgan fingerprint density at radius 2 is 1.72 bits per heavy atom. The maximum atomic E-state index is 12.3. The minimum absolute atomic E-state index is 0.0845. The third-order valence-electron chi connectivity index (χ3n) is 3.24. The summed E-state index contributed by atoms with van der Waals surface area (Å²) in [6.45, 7) is 1.79. The predicted molar refractivity (Wildman–Crippen MR) is 97.8 cm³/mol. The highest BCUT2D eigenvalue weighted by Gasteiger charge is 2.19. The molecule has 0 bridgehead atoms. The fourth-order valence-electron chi connectivity index (χ4n) is 2.06. The number of rotatable bonds is 7. The van der Waals surface area contributed by atoms with Gasteiger partial charge in [-0.15, -0.1) is 0 Å². The second kappa shape index (κ2) is 8.01. The highest BCUT2D eigenvalue weighted by molar-refractivity contribution is 7.89. The fourth-order valence-corrected chi connectivity index (χ4v) is 3.59. The number of hydrogen-bond donors (Lipinski definition) is 2. The first-order chi connectivity index (χ1) is 11.7. The van der Waals surface area contributed by atoms with E-state index in [1.807, 2.05) is 0 Å². The van der Waals surface area contributed by atoms with Crippen LogP contribution in [0.3, 0.4) is 0 Å². The molecule has 0 spiro atoms. The van der Waals surface area contributed by atoms with E-state index in [-0.39, 0.29) is 27.8 Å². The Bertz CT molecular complexity index is 873. The number of hydrogen-bond acceptors (Lipinski definition) is 5. The molecule has 0 radical (unpaired) electrons. The van der Waals surface area contributed by atoms with Crippen LogP contribution in [-0.4, -0.2) is 25.9 Å². The maximum Gasteiger partial charge on any atom is 0.293 e. The fraction of sp³-hybridized carbons (Fsp3) is 0.200. The van der Waals surface area contributed by atoms with E-state index in [0.29, 0.717) is 5.02 Å². The molecule has 0 saturated carbocycles. The van der Waals surface area contributed by atoms with E-state index in [0.717, 1.165) is 0 Å². The van der Waals surface area contributed by atoms with Gasteiger partial charge in [-0.05, 0) is 43.3 Å². The second-order valence-electron chi connectivity index (χ2n) is 5.28. The van der Waals surface area contributed by atoms with Gasteiger partial charge in [0.25, 0.3) is 5.69 Å². The molecule has 134 valence electrons. The summed E-state index contributed by atoms with van der Waals surface area (Å²) in [7, 11) is -3.72. The molecule has 7 nitrogen and oxygen atoms in total. The predicted octanol–water partition coefficient (Wildman–Crippen LogP) is 3.68. The molecule has 1 atom stereocenters. The first-order valence-corrected chi connectivity index (χ1v) is 9.38. The van der Waals surface area contributed by atoms with Crippen molar-refractivity contribution in [2.24, 2.45) is 0 Å². The van der Waals surface area contributed by atoms with Crippen LogP contribution >= 0.6 is 23.2 Å². The van der Waals surface area contributed by atoms with Crippen LogP contribution in [-0.2, 0) is 10.0 Å². The molecule has 0 amide bonds. The van der Waals surface area contributed by atoms with Gasteiger partial charge in [0.1, 0.15) is 5.69 Å². The zero-order valence-electron chi connectivity index (χ0n) is 13.1. The smallest absolute Gasteiger partial charge is 0.293 e. The summed E-state index contributed by atoms with van der Waals surface area (Å²) < 4.78 is 27.0. The number of sulfonamides is 1. The average Bonchev–Trinajstić information content (AvgIpc) is 2.53. The molecule has 0 unspecified atom stereocenters. The first kappa shape index (κ1) is 19.5. The van der Waals surface area contributed by atoms with E-state index in [9.17, 15) is 18.5 Å². The monoisotopic (exact) mass is 403 g/mol. The Morgan fingerprint density at radius 1 is 1.12 bits per heavy atom. The average molecular weight is 404 g/mol. The maximum absolute atomic E-state index is 12.3. The topological polar surface area (TPSA) is 101 Å². The highest BCUT2D eigenvalue weighted by atomic mass is 35.5. The molecule has 0 aliphatic rings. The van der Waals surface area contributed by atoms with Crippen LogP contribution in [0.15, 0.2) is 47.4 Å². The molecular weight excluding hydrogens is 389 g/mol. The Hall–Kier alpha value is -1.87. The lowest BCUT2D eigenvalue weighted by molar-refractivity contribution is -0.383. The van der Waals surface area contributed by atoms with E-state index in [2.05, 4.69) is 10.0 Å². The van der Waals surface area contributed by atoms with Crippen LogP contribution in [0.1, 0.15) is 6.92 Å². The lowest BCUT2D eigenvalue weighted by atomic mass is 10.2. The number of nitrogens with one attached hydrogen (secondary N) is 2. The van der Waals surface area contributed by atoms with E-state index in [1.54, 1.807) is 6.92 Å². The van der Waals surface area contributed by atoms with Gasteiger partial charge in [-0.1, -0.05) is 23.2 Å². The van der Waals surface area contributed by atoms with E-state index in [4.69, 9.17) is 23.2 Å². The summed E-state index contributed by atoms with van der Waals surface area (Å²) in [4.78, 5) is 10.6. The van der Waals surface area contributed by atoms with Gasteiger partial charge in [0, 0.05) is 28.7 Å². The van der Waals surface area contributed by atoms with Crippen LogP contribution in [0.25, 0.3) is 0 Å². The molecule has 0 saturated heterocycles. The summed E-state index contributed by atoms with van der Waals surface area (Å²) in [6, 6.07) is 9.46. The molecule has 25 heavy (non-hydrogen) atoms. The Kier molecular flexibility index (Phi) is 6.23. The van der Waals surface area contributed by atoms with Gasteiger partial charge in [0.15, 0.2) is 0 Å². The summed E-state index contributed by atoms with van der Waals surface area (Å²) >= 11 is 11.5. The van der Waals surface area contributed by atoms with Crippen LogP contribution in [0.2, 0.25) is 10.0 Å². The minimum Gasteiger partial charge on any atom is -0.378 e. The molecule has 10 heteroatoms. The van der Waals surface area contributed by atoms with Crippen LogP contribution in [0, 0.1) is 10.1 Å². The van der Waals surface area contributed by atoms with E-state index in [1.165, 1.54) is 42.5 Å². The third kappa shape index (κ3) is 5.30. The van der Waals surface area contributed by atoms with Crippen molar-refractivity contribution in [1.82, 2.24) is 4.72 Å². The van der Waals surface area contributed by atoms with Crippen molar-refractivity contribution in [3.63, 3.8) is 0 Å². The van der Waals surface area contributed by atoms with Crippen molar-refractivity contribution < 1.29 is 13.3 Å².